The van der Waals surface area contributed by atoms with E-state index in [-0.39, 0.29) is 12.5 Å². The topological polar surface area (TPSA) is 73.9 Å². The third-order valence-corrected chi connectivity index (χ3v) is 5.84. The van der Waals surface area contributed by atoms with E-state index in [0.29, 0.717) is 38.2 Å². The van der Waals surface area contributed by atoms with Crippen LogP contribution in [0.2, 0.25) is 5.02 Å². The highest BCUT2D eigenvalue weighted by Gasteiger charge is 2.26. The quantitative estimate of drug-likeness (QED) is 0.450. The normalized spacial score (nSPS) is 10.5. The van der Waals surface area contributed by atoms with Crippen LogP contribution in [0.4, 0.5) is 5.00 Å². The lowest BCUT2D eigenvalue weighted by atomic mass is 10.0. The van der Waals surface area contributed by atoms with Crippen LogP contribution in [0.25, 0.3) is 11.1 Å². The van der Waals surface area contributed by atoms with Gasteiger partial charge in [0.2, 0.25) is 0 Å². The van der Waals surface area contributed by atoms with Crippen molar-refractivity contribution in [3.05, 3.63) is 63.5 Å². The number of rotatable bonds is 7. The van der Waals surface area contributed by atoms with E-state index in [9.17, 15) is 9.59 Å². The molecule has 0 atom stereocenters. The first-order chi connectivity index (χ1) is 14.9. The van der Waals surface area contributed by atoms with Crippen LogP contribution in [-0.2, 0) is 4.74 Å². The number of methoxy groups -OCH3 is 2. The molecule has 162 valence electrons. The van der Waals surface area contributed by atoms with Crippen molar-refractivity contribution in [1.29, 1.82) is 0 Å². The fourth-order valence-electron chi connectivity index (χ4n) is 3.15. The molecule has 0 aliphatic rings. The zero-order chi connectivity index (χ0) is 22.5. The van der Waals surface area contributed by atoms with Gasteiger partial charge in [0.1, 0.15) is 10.6 Å². The van der Waals surface area contributed by atoms with Crippen LogP contribution in [-0.4, -0.2) is 32.7 Å². The minimum atomic E-state index is -0.511. The number of thiophene rings is 1. The largest absolute Gasteiger partial charge is 0.493 e. The van der Waals surface area contributed by atoms with E-state index in [2.05, 4.69) is 5.32 Å². The molecule has 8 heteroatoms. The Kier molecular flexibility index (Phi) is 7.20. The van der Waals surface area contributed by atoms with Crippen molar-refractivity contribution < 1.29 is 23.8 Å². The van der Waals surface area contributed by atoms with Gasteiger partial charge in [0.25, 0.3) is 5.91 Å². The van der Waals surface area contributed by atoms with Gasteiger partial charge in [-0.15, -0.1) is 11.3 Å². The summed E-state index contributed by atoms with van der Waals surface area (Å²) in [5, 5.41) is 3.80. The number of halogens is 1. The average Bonchev–Trinajstić information content (AvgIpc) is 3.09. The highest BCUT2D eigenvalue weighted by molar-refractivity contribution is 7.17. The Morgan fingerprint density at radius 3 is 2.32 bits per heavy atom. The number of nitrogens with one attached hydrogen (secondary N) is 1. The molecule has 0 radical (unpaired) electrons. The van der Waals surface area contributed by atoms with Gasteiger partial charge in [0.05, 0.1) is 20.8 Å². The van der Waals surface area contributed by atoms with Gasteiger partial charge in [0.15, 0.2) is 11.5 Å². The molecule has 1 aromatic heterocycles. The second-order valence-electron chi connectivity index (χ2n) is 6.49. The number of carbonyl (C=O) groups is 2. The molecular weight excluding hydrogens is 438 g/mol. The van der Waals surface area contributed by atoms with Gasteiger partial charge in [-0.3, -0.25) is 4.79 Å². The van der Waals surface area contributed by atoms with E-state index in [4.69, 9.17) is 25.8 Å². The van der Waals surface area contributed by atoms with Crippen LogP contribution < -0.4 is 14.8 Å². The van der Waals surface area contributed by atoms with Gasteiger partial charge >= 0.3 is 5.97 Å². The summed E-state index contributed by atoms with van der Waals surface area (Å²) in [4.78, 5) is 26.5. The molecule has 0 saturated carbocycles. The summed E-state index contributed by atoms with van der Waals surface area (Å²) < 4.78 is 16.0. The summed E-state index contributed by atoms with van der Waals surface area (Å²) in [6.07, 6.45) is 0. The highest BCUT2D eigenvalue weighted by atomic mass is 35.5. The van der Waals surface area contributed by atoms with Gasteiger partial charge in [0, 0.05) is 21.0 Å². The predicted molar refractivity (Wildman–Crippen MR) is 123 cm³/mol. The first kappa shape index (κ1) is 22.7. The van der Waals surface area contributed by atoms with Crippen LogP contribution in [0.1, 0.15) is 32.5 Å². The molecule has 6 nitrogen and oxygen atoms in total. The molecule has 1 heterocycles. The summed E-state index contributed by atoms with van der Waals surface area (Å²) in [7, 11) is 3.11. The summed E-state index contributed by atoms with van der Waals surface area (Å²) in [6, 6.07) is 11.9. The van der Waals surface area contributed by atoms with E-state index in [0.717, 1.165) is 10.4 Å². The van der Waals surface area contributed by atoms with E-state index in [1.807, 2.05) is 13.0 Å². The molecule has 3 aromatic rings. The molecule has 3 rings (SSSR count). The summed E-state index contributed by atoms with van der Waals surface area (Å²) in [5.41, 5.74) is 2.16. The van der Waals surface area contributed by atoms with Gasteiger partial charge in [-0.25, -0.2) is 4.79 Å². The Morgan fingerprint density at radius 2 is 1.71 bits per heavy atom. The van der Waals surface area contributed by atoms with Crippen molar-refractivity contribution in [1.82, 2.24) is 0 Å². The number of ether oxygens (including phenoxy) is 3. The Labute approximate surface area is 189 Å². The van der Waals surface area contributed by atoms with Crippen molar-refractivity contribution in [2.45, 2.75) is 13.8 Å². The second kappa shape index (κ2) is 9.85. The SMILES string of the molecule is CCOC(=O)c1c(NC(=O)c2ccc(Cl)cc2)sc(C)c1-c1ccc(OC)c(OC)c1. The second-order valence-corrected chi connectivity index (χ2v) is 8.15. The number of carbonyl (C=O) groups excluding carboxylic acids is 2. The smallest absolute Gasteiger partial charge is 0.341 e. The fraction of sp³-hybridized carbons (Fsp3) is 0.217. The number of esters is 1. The fourth-order valence-corrected chi connectivity index (χ4v) is 4.33. The molecule has 2 aromatic carbocycles. The van der Waals surface area contributed by atoms with Crippen molar-refractivity contribution >= 4 is 39.8 Å². The minimum Gasteiger partial charge on any atom is -0.493 e. The molecule has 0 fully saturated rings. The van der Waals surface area contributed by atoms with E-state index < -0.39 is 5.97 Å². The zero-order valence-electron chi connectivity index (χ0n) is 17.6. The highest BCUT2D eigenvalue weighted by Crippen LogP contribution is 2.43. The number of anilines is 1. The molecular formula is C23H22ClNO5S. The number of amides is 1. The molecule has 0 saturated heterocycles. The van der Waals surface area contributed by atoms with Crippen LogP contribution in [0.3, 0.4) is 0 Å². The van der Waals surface area contributed by atoms with Crippen LogP contribution >= 0.6 is 22.9 Å². The molecule has 1 amide bonds. The number of aryl methyl sites for hydroxylation is 1. The van der Waals surface area contributed by atoms with Crippen molar-refractivity contribution in [3.63, 3.8) is 0 Å². The molecule has 0 aliphatic heterocycles. The third-order valence-electron chi connectivity index (χ3n) is 4.57. The predicted octanol–water partition coefficient (Wildman–Crippen LogP) is 5.82. The third kappa shape index (κ3) is 4.84. The van der Waals surface area contributed by atoms with Crippen molar-refractivity contribution in [3.8, 4) is 22.6 Å². The molecule has 0 unspecified atom stereocenters. The van der Waals surface area contributed by atoms with Crippen molar-refractivity contribution in [2.75, 3.05) is 26.1 Å². The number of hydrogen-bond donors (Lipinski definition) is 1. The maximum absolute atomic E-state index is 12.9. The Bertz CT molecular complexity index is 1110. The Hall–Kier alpha value is -3.03. The van der Waals surface area contributed by atoms with Gasteiger partial charge < -0.3 is 19.5 Å². The van der Waals surface area contributed by atoms with Crippen LogP contribution in [0, 0.1) is 6.92 Å². The molecule has 0 spiro atoms. The lowest BCUT2D eigenvalue weighted by Gasteiger charge is -2.12. The van der Waals surface area contributed by atoms with Crippen molar-refractivity contribution in [2.24, 2.45) is 0 Å². The van der Waals surface area contributed by atoms with Gasteiger partial charge in [-0.05, 0) is 55.8 Å². The molecule has 1 N–H and O–H groups in total. The van der Waals surface area contributed by atoms with E-state index >= 15 is 0 Å². The lowest BCUT2D eigenvalue weighted by molar-refractivity contribution is 0.0529. The number of benzene rings is 2. The van der Waals surface area contributed by atoms with Crippen LogP contribution in [0.5, 0.6) is 11.5 Å². The lowest BCUT2D eigenvalue weighted by Crippen LogP contribution is -2.14. The summed E-state index contributed by atoms with van der Waals surface area (Å²) >= 11 is 7.21. The molecule has 31 heavy (non-hydrogen) atoms. The maximum Gasteiger partial charge on any atom is 0.341 e. The summed E-state index contributed by atoms with van der Waals surface area (Å²) in [5.74, 6) is 0.255. The molecule has 0 bridgehead atoms. The van der Waals surface area contributed by atoms with Gasteiger partial charge in [-0.1, -0.05) is 17.7 Å². The first-order valence-corrected chi connectivity index (χ1v) is 10.7. The van der Waals surface area contributed by atoms with E-state index in [1.165, 1.54) is 11.3 Å². The summed E-state index contributed by atoms with van der Waals surface area (Å²) in [6.45, 7) is 3.83. The monoisotopic (exact) mass is 459 g/mol. The minimum absolute atomic E-state index is 0.212. The Morgan fingerprint density at radius 1 is 1.03 bits per heavy atom. The maximum atomic E-state index is 12.9. The average molecular weight is 460 g/mol. The van der Waals surface area contributed by atoms with Crippen LogP contribution in [0.15, 0.2) is 42.5 Å². The van der Waals surface area contributed by atoms with E-state index in [1.54, 1.807) is 57.5 Å². The first-order valence-electron chi connectivity index (χ1n) is 9.49. The Balaban J connectivity index is 2.08. The standard InChI is InChI=1S/C23H22ClNO5S/c1-5-30-23(27)20-19(15-8-11-17(28-3)18(12-15)29-4)13(2)31-22(20)25-21(26)14-6-9-16(24)10-7-14/h6-12H,5H2,1-4H3,(H,25,26). The number of hydrogen-bond acceptors (Lipinski definition) is 6. The zero-order valence-corrected chi connectivity index (χ0v) is 19.1. The van der Waals surface area contributed by atoms with Gasteiger partial charge in [-0.2, -0.15) is 0 Å². The molecule has 0 aliphatic carbocycles.